The van der Waals surface area contributed by atoms with E-state index in [-0.39, 0.29) is 34.1 Å². The van der Waals surface area contributed by atoms with Gasteiger partial charge >= 0.3 is 0 Å². The van der Waals surface area contributed by atoms with Crippen LogP contribution in [-0.2, 0) is 4.74 Å². The Balaban J connectivity index is 2.16. The molecule has 0 aliphatic heterocycles. The fourth-order valence-electron chi connectivity index (χ4n) is 2.15. The number of nitro groups is 1. The van der Waals surface area contributed by atoms with Crippen molar-refractivity contribution in [3.63, 3.8) is 0 Å². The number of carbonyl (C=O) groups is 1. The second-order valence-electron chi connectivity index (χ2n) is 4.75. The fourth-order valence-corrected chi connectivity index (χ4v) is 2.42. The molecule has 1 aliphatic rings. The largest absolute Gasteiger partial charge is 0.381 e. The summed E-state index contributed by atoms with van der Waals surface area (Å²) >= 11 is 5.91. The lowest BCUT2D eigenvalue weighted by Crippen LogP contribution is -2.47. The van der Waals surface area contributed by atoms with E-state index in [1.165, 1.54) is 6.07 Å². The van der Waals surface area contributed by atoms with Crippen LogP contribution in [0.1, 0.15) is 23.2 Å². The SMILES string of the molecule is COC1CC(NC(=O)c2cc(Cl)c(NN)c([N+](=O)[O-])c2)C1. The molecule has 114 valence electrons. The number of ether oxygens (including phenoxy) is 1. The number of hydrogen-bond donors (Lipinski definition) is 3. The molecule has 0 heterocycles. The van der Waals surface area contributed by atoms with E-state index < -0.39 is 10.8 Å². The molecule has 0 bridgehead atoms. The van der Waals surface area contributed by atoms with Gasteiger partial charge in [-0.15, -0.1) is 0 Å². The van der Waals surface area contributed by atoms with E-state index in [0.29, 0.717) is 0 Å². The minimum absolute atomic E-state index is 0.00703. The zero-order valence-electron chi connectivity index (χ0n) is 11.3. The summed E-state index contributed by atoms with van der Waals surface area (Å²) in [6.45, 7) is 0. The van der Waals surface area contributed by atoms with Crippen LogP contribution in [0.2, 0.25) is 5.02 Å². The Bertz CT molecular complexity index is 575. The van der Waals surface area contributed by atoms with Gasteiger partial charge in [-0.3, -0.25) is 20.8 Å². The molecule has 1 aromatic rings. The highest BCUT2D eigenvalue weighted by molar-refractivity contribution is 6.34. The van der Waals surface area contributed by atoms with Crippen molar-refractivity contribution in [1.29, 1.82) is 0 Å². The van der Waals surface area contributed by atoms with Gasteiger partial charge in [-0.1, -0.05) is 11.6 Å². The normalized spacial score (nSPS) is 20.5. The maximum atomic E-state index is 12.1. The van der Waals surface area contributed by atoms with Gasteiger partial charge in [0.15, 0.2) is 0 Å². The highest BCUT2D eigenvalue weighted by atomic mass is 35.5. The van der Waals surface area contributed by atoms with Crippen LogP contribution >= 0.6 is 11.6 Å². The van der Waals surface area contributed by atoms with Gasteiger partial charge in [-0.25, -0.2) is 0 Å². The Labute approximate surface area is 125 Å². The summed E-state index contributed by atoms with van der Waals surface area (Å²) < 4.78 is 5.12. The molecule has 0 aromatic heterocycles. The van der Waals surface area contributed by atoms with Crippen molar-refractivity contribution in [1.82, 2.24) is 5.32 Å². The molecule has 1 saturated carbocycles. The third-order valence-electron chi connectivity index (χ3n) is 3.44. The zero-order valence-corrected chi connectivity index (χ0v) is 12.0. The van der Waals surface area contributed by atoms with Crippen LogP contribution in [0, 0.1) is 10.1 Å². The Morgan fingerprint density at radius 1 is 1.52 bits per heavy atom. The maximum Gasteiger partial charge on any atom is 0.295 e. The average molecular weight is 315 g/mol. The predicted molar refractivity (Wildman–Crippen MR) is 77.2 cm³/mol. The third kappa shape index (κ3) is 3.23. The molecule has 0 atom stereocenters. The summed E-state index contributed by atoms with van der Waals surface area (Å²) in [6.07, 6.45) is 1.60. The highest BCUT2D eigenvalue weighted by Crippen LogP contribution is 2.33. The molecule has 0 unspecified atom stereocenters. The molecule has 0 saturated heterocycles. The molecule has 0 radical (unpaired) electrons. The van der Waals surface area contributed by atoms with Crippen molar-refractivity contribution in [2.24, 2.45) is 5.84 Å². The zero-order chi connectivity index (χ0) is 15.6. The summed E-state index contributed by atoms with van der Waals surface area (Å²) in [7, 11) is 1.62. The number of nitrogen functional groups attached to an aromatic ring is 1. The average Bonchev–Trinajstić information content (AvgIpc) is 2.40. The first-order chi connectivity index (χ1) is 9.96. The van der Waals surface area contributed by atoms with Gasteiger partial charge in [-0.05, 0) is 18.9 Å². The lowest BCUT2D eigenvalue weighted by Gasteiger charge is -2.34. The second kappa shape index (κ2) is 6.25. The Morgan fingerprint density at radius 3 is 2.71 bits per heavy atom. The molecular weight excluding hydrogens is 300 g/mol. The topological polar surface area (TPSA) is 120 Å². The van der Waals surface area contributed by atoms with Crippen LogP contribution in [0.4, 0.5) is 11.4 Å². The Morgan fingerprint density at radius 2 is 2.19 bits per heavy atom. The minimum Gasteiger partial charge on any atom is -0.381 e. The van der Waals surface area contributed by atoms with Gasteiger partial charge in [0.1, 0.15) is 5.69 Å². The van der Waals surface area contributed by atoms with Gasteiger partial charge in [0, 0.05) is 24.8 Å². The first-order valence-electron chi connectivity index (χ1n) is 6.24. The maximum absolute atomic E-state index is 12.1. The quantitative estimate of drug-likeness (QED) is 0.430. The Hall–Kier alpha value is -1.90. The van der Waals surface area contributed by atoms with Gasteiger partial charge in [-0.2, -0.15) is 0 Å². The molecule has 1 fully saturated rings. The van der Waals surface area contributed by atoms with E-state index in [2.05, 4.69) is 10.7 Å². The van der Waals surface area contributed by atoms with Crippen molar-refractivity contribution in [3.05, 3.63) is 32.8 Å². The molecule has 1 aliphatic carbocycles. The second-order valence-corrected chi connectivity index (χ2v) is 5.16. The van der Waals surface area contributed by atoms with Crippen molar-refractivity contribution in [3.8, 4) is 0 Å². The molecule has 0 spiro atoms. The van der Waals surface area contributed by atoms with Crippen LogP contribution in [0.5, 0.6) is 0 Å². The number of nitrogens with two attached hydrogens (primary N) is 1. The standard InChI is InChI=1S/C12H15ClN4O4/c1-21-8-4-7(5-8)15-12(18)6-2-9(13)11(16-14)10(3-6)17(19)20/h2-3,7-8,16H,4-5,14H2,1H3,(H,15,18). The van der Waals surface area contributed by atoms with E-state index in [9.17, 15) is 14.9 Å². The van der Waals surface area contributed by atoms with Gasteiger partial charge in [0.2, 0.25) is 0 Å². The number of benzene rings is 1. The molecule has 1 amide bonds. The van der Waals surface area contributed by atoms with Crippen LogP contribution in [0.25, 0.3) is 0 Å². The van der Waals surface area contributed by atoms with Crippen molar-refractivity contribution in [2.75, 3.05) is 12.5 Å². The van der Waals surface area contributed by atoms with Crippen molar-refractivity contribution < 1.29 is 14.5 Å². The Kier molecular flexibility index (Phi) is 4.61. The van der Waals surface area contributed by atoms with E-state index in [1.807, 2.05) is 0 Å². The molecule has 4 N–H and O–H groups in total. The van der Waals surface area contributed by atoms with E-state index in [0.717, 1.165) is 18.9 Å². The van der Waals surface area contributed by atoms with Crippen LogP contribution in [0.15, 0.2) is 12.1 Å². The molecule has 21 heavy (non-hydrogen) atoms. The number of hydrogen-bond acceptors (Lipinski definition) is 6. The molecule has 2 rings (SSSR count). The van der Waals surface area contributed by atoms with Crippen molar-refractivity contribution in [2.45, 2.75) is 25.0 Å². The fraction of sp³-hybridized carbons (Fsp3) is 0.417. The first kappa shape index (κ1) is 15.5. The number of halogens is 1. The number of nitro benzene ring substituents is 1. The van der Waals surface area contributed by atoms with Gasteiger partial charge in [0.25, 0.3) is 11.6 Å². The van der Waals surface area contributed by atoms with Gasteiger partial charge in [0.05, 0.1) is 16.0 Å². The number of nitrogens with zero attached hydrogens (tertiary/aromatic N) is 1. The van der Waals surface area contributed by atoms with E-state index >= 15 is 0 Å². The number of rotatable bonds is 5. The molecule has 8 nitrogen and oxygen atoms in total. The summed E-state index contributed by atoms with van der Waals surface area (Å²) in [5.41, 5.74) is 1.91. The number of carbonyl (C=O) groups excluding carboxylic acids is 1. The molecular formula is C12H15ClN4O4. The monoisotopic (exact) mass is 314 g/mol. The summed E-state index contributed by atoms with van der Waals surface area (Å²) in [5.74, 6) is 4.79. The summed E-state index contributed by atoms with van der Waals surface area (Å²) in [4.78, 5) is 22.4. The number of amides is 1. The number of anilines is 1. The van der Waals surface area contributed by atoms with Crippen molar-refractivity contribution >= 4 is 28.9 Å². The van der Waals surface area contributed by atoms with Crippen LogP contribution in [0.3, 0.4) is 0 Å². The summed E-state index contributed by atoms with van der Waals surface area (Å²) in [5, 5.41) is 13.8. The smallest absolute Gasteiger partial charge is 0.295 e. The minimum atomic E-state index is -0.651. The number of nitrogens with one attached hydrogen (secondary N) is 2. The van der Waals surface area contributed by atoms with E-state index in [4.69, 9.17) is 22.2 Å². The molecule has 1 aromatic carbocycles. The highest BCUT2D eigenvalue weighted by Gasteiger charge is 2.31. The molecule has 9 heteroatoms. The van der Waals surface area contributed by atoms with E-state index in [1.54, 1.807) is 7.11 Å². The van der Waals surface area contributed by atoms with Crippen LogP contribution < -0.4 is 16.6 Å². The lowest BCUT2D eigenvalue weighted by atomic mass is 9.89. The lowest BCUT2D eigenvalue weighted by molar-refractivity contribution is -0.384. The van der Waals surface area contributed by atoms with Crippen LogP contribution in [-0.4, -0.2) is 30.1 Å². The van der Waals surface area contributed by atoms with Gasteiger partial charge < -0.3 is 15.5 Å². The third-order valence-corrected chi connectivity index (χ3v) is 3.73. The predicted octanol–water partition coefficient (Wildman–Crippen LogP) is 1.44. The number of methoxy groups -OCH3 is 1. The number of hydrazine groups is 1. The first-order valence-corrected chi connectivity index (χ1v) is 6.62. The summed E-state index contributed by atoms with van der Waals surface area (Å²) in [6, 6.07) is 2.49.